The molecule has 0 aliphatic rings. The Morgan fingerprint density at radius 1 is 0.188 bits per heavy atom. The zero-order chi connectivity index (χ0) is 41.9. The largest absolute Gasteiger partial charge is 0.307 e. The van der Waals surface area contributed by atoms with E-state index in [0.717, 1.165) is 33.9 Å². The smallest absolute Gasteiger partial charge is 0.0789 e. The molecule has 298 valence electrons. The Kier molecular flexibility index (Phi) is 7.36. The molecule has 14 rings (SSSR count). The minimum Gasteiger partial charge on any atom is -0.307 e. The topological polar surface area (TPSA) is 19.7 Å². The molecule has 0 aliphatic heterocycles. The third kappa shape index (κ3) is 4.77. The second-order valence-corrected chi connectivity index (χ2v) is 16.8. The lowest BCUT2D eigenvalue weighted by Gasteiger charge is -2.19. The fourth-order valence-electron chi connectivity index (χ4n) is 11.0. The molecule has 64 heavy (non-hydrogen) atoms. The predicted octanol–water partition coefficient (Wildman–Crippen LogP) is 15.7. The van der Waals surface area contributed by atoms with Crippen LogP contribution in [0.1, 0.15) is 0 Å². The number of hydrogen-bond acceptors (Lipinski definition) is 0. The Labute approximate surface area is 368 Å². The molecule has 0 amide bonds. The average molecular weight is 815 g/mol. The molecule has 0 radical (unpaired) electrons. The number of para-hydroxylation sites is 8. The van der Waals surface area contributed by atoms with Crippen molar-refractivity contribution in [2.24, 2.45) is 0 Å². The van der Waals surface area contributed by atoms with Crippen molar-refractivity contribution in [2.45, 2.75) is 0 Å². The molecule has 0 saturated carbocycles. The number of hydrogen-bond donors (Lipinski definition) is 0. The van der Waals surface area contributed by atoms with Crippen molar-refractivity contribution in [1.82, 2.24) is 18.3 Å². The van der Waals surface area contributed by atoms with Gasteiger partial charge in [0.1, 0.15) is 0 Å². The molecule has 0 atom stereocenters. The van der Waals surface area contributed by atoms with E-state index in [-0.39, 0.29) is 0 Å². The Morgan fingerprint density at radius 2 is 0.453 bits per heavy atom. The first-order valence-corrected chi connectivity index (χ1v) is 22.0. The number of rotatable bonds is 5. The maximum absolute atomic E-state index is 2.54. The summed E-state index contributed by atoms with van der Waals surface area (Å²) in [7, 11) is 0. The third-order valence-corrected chi connectivity index (χ3v) is 13.5. The van der Waals surface area contributed by atoms with Gasteiger partial charge in [0.05, 0.1) is 55.5 Å². The second-order valence-electron chi connectivity index (χ2n) is 16.8. The highest BCUT2D eigenvalue weighted by Crippen LogP contribution is 2.46. The van der Waals surface area contributed by atoms with Gasteiger partial charge in [0, 0.05) is 65.6 Å². The summed E-state index contributed by atoms with van der Waals surface area (Å²) >= 11 is 0. The Bertz CT molecular complexity index is 3910. The Hall–Kier alpha value is -8.60. The molecule has 4 aromatic heterocycles. The first kappa shape index (κ1) is 35.0. The second kappa shape index (κ2) is 13.4. The van der Waals surface area contributed by atoms with Crippen molar-refractivity contribution in [3.63, 3.8) is 0 Å². The normalized spacial score (nSPS) is 12.1. The SMILES string of the molecule is c1ccc(-n2c3ccccc3c3ccc4c5ccccc5n(-c5ccccc5-c5ccccc5-n5c6ccccc6c6ccc7c8ccccc8n(-c8ccccc8)c7c65)c4c32)cc1. The van der Waals surface area contributed by atoms with Crippen LogP contribution in [0.2, 0.25) is 0 Å². The highest BCUT2D eigenvalue weighted by molar-refractivity contribution is 6.25. The summed E-state index contributed by atoms with van der Waals surface area (Å²) in [5.74, 6) is 0. The van der Waals surface area contributed by atoms with Crippen molar-refractivity contribution in [1.29, 1.82) is 0 Å². The first-order chi connectivity index (χ1) is 31.8. The van der Waals surface area contributed by atoms with Crippen LogP contribution < -0.4 is 0 Å². The van der Waals surface area contributed by atoms with E-state index in [0.29, 0.717) is 0 Å². The van der Waals surface area contributed by atoms with E-state index < -0.39 is 0 Å². The third-order valence-electron chi connectivity index (χ3n) is 13.5. The van der Waals surface area contributed by atoms with Crippen molar-refractivity contribution < 1.29 is 0 Å². The Balaban J connectivity index is 1.12. The lowest BCUT2D eigenvalue weighted by molar-refractivity contribution is 1.14. The van der Waals surface area contributed by atoms with Gasteiger partial charge in [-0.05, 0) is 60.7 Å². The van der Waals surface area contributed by atoms with E-state index in [1.54, 1.807) is 0 Å². The molecule has 0 bridgehead atoms. The lowest BCUT2D eigenvalue weighted by Crippen LogP contribution is -2.03. The van der Waals surface area contributed by atoms with Crippen LogP contribution in [-0.2, 0) is 0 Å². The molecule has 4 heteroatoms. The highest BCUT2D eigenvalue weighted by Gasteiger charge is 2.25. The molecule has 4 heterocycles. The number of fused-ring (bicyclic) bond motifs is 14. The van der Waals surface area contributed by atoms with Crippen LogP contribution in [0, 0.1) is 0 Å². The predicted molar refractivity (Wildman–Crippen MR) is 269 cm³/mol. The van der Waals surface area contributed by atoms with Gasteiger partial charge in [-0.3, -0.25) is 0 Å². The quantitative estimate of drug-likeness (QED) is 0.165. The van der Waals surface area contributed by atoms with E-state index in [1.165, 1.54) is 87.2 Å². The van der Waals surface area contributed by atoms with Crippen LogP contribution in [0.5, 0.6) is 0 Å². The van der Waals surface area contributed by atoms with Crippen molar-refractivity contribution in [3.8, 4) is 33.9 Å². The summed E-state index contributed by atoms with van der Waals surface area (Å²) in [5, 5.41) is 9.86. The molecule has 0 saturated heterocycles. The molecule has 0 unspecified atom stereocenters. The van der Waals surface area contributed by atoms with Gasteiger partial charge >= 0.3 is 0 Å². The maximum atomic E-state index is 2.54. The number of benzene rings is 10. The molecular weight excluding hydrogens is 777 g/mol. The van der Waals surface area contributed by atoms with E-state index >= 15 is 0 Å². The summed E-state index contributed by atoms with van der Waals surface area (Å²) < 4.78 is 10.0. The van der Waals surface area contributed by atoms with Crippen LogP contribution in [-0.4, -0.2) is 18.3 Å². The minimum atomic E-state index is 1.13. The zero-order valence-electron chi connectivity index (χ0n) is 34.7. The van der Waals surface area contributed by atoms with Crippen molar-refractivity contribution in [2.75, 3.05) is 0 Å². The van der Waals surface area contributed by atoms with Gasteiger partial charge in [-0.1, -0.05) is 170 Å². The number of aromatic nitrogens is 4. The van der Waals surface area contributed by atoms with Gasteiger partial charge in [-0.2, -0.15) is 0 Å². The molecule has 0 fully saturated rings. The summed E-state index contributed by atoms with van der Waals surface area (Å²) in [6.45, 7) is 0. The molecular formula is C60H38N4. The van der Waals surface area contributed by atoms with Gasteiger partial charge < -0.3 is 18.3 Å². The fraction of sp³-hybridized carbons (Fsp3) is 0. The molecule has 0 spiro atoms. The van der Waals surface area contributed by atoms with E-state index in [9.17, 15) is 0 Å². The monoisotopic (exact) mass is 814 g/mol. The van der Waals surface area contributed by atoms with Crippen molar-refractivity contribution >= 4 is 87.2 Å². The maximum Gasteiger partial charge on any atom is 0.0789 e. The van der Waals surface area contributed by atoms with Crippen LogP contribution >= 0.6 is 0 Å². The highest BCUT2D eigenvalue weighted by atomic mass is 15.1. The lowest BCUT2D eigenvalue weighted by atomic mass is 10.0. The minimum absolute atomic E-state index is 1.13. The van der Waals surface area contributed by atoms with Crippen LogP contribution in [0.15, 0.2) is 231 Å². The summed E-state index contributed by atoms with van der Waals surface area (Å²) in [4.78, 5) is 0. The van der Waals surface area contributed by atoms with Gasteiger partial charge in [0.15, 0.2) is 0 Å². The van der Waals surface area contributed by atoms with Gasteiger partial charge in [0.2, 0.25) is 0 Å². The fourth-order valence-corrected chi connectivity index (χ4v) is 11.0. The molecule has 0 N–H and O–H groups in total. The molecule has 4 nitrogen and oxygen atoms in total. The van der Waals surface area contributed by atoms with E-state index in [2.05, 4.69) is 249 Å². The number of nitrogens with zero attached hydrogens (tertiary/aromatic N) is 4. The van der Waals surface area contributed by atoms with Gasteiger partial charge in [-0.15, -0.1) is 0 Å². The first-order valence-electron chi connectivity index (χ1n) is 22.0. The standard InChI is InChI=1S/C60H38N4/c1-3-19-39(20-4-1)61-51-29-13-9-25-43(51)47-35-37-49-45-27-11-17-33-55(45)63(59(49)57(47)61)53-31-15-7-23-41(53)42-24-8-16-32-54(42)64-56-34-18-12-28-46(56)50-38-36-48-44-26-10-14-30-52(44)62(58(48)60(50)64)40-21-5-2-6-22-40/h1-38H. The molecule has 14 aromatic rings. The average Bonchev–Trinajstić information content (AvgIpc) is 4.10. The van der Waals surface area contributed by atoms with Gasteiger partial charge in [-0.25, -0.2) is 0 Å². The van der Waals surface area contributed by atoms with Crippen molar-refractivity contribution in [3.05, 3.63) is 231 Å². The molecule has 0 aliphatic carbocycles. The van der Waals surface area contributed by atoms with E-state index in [1.807, 2.05) is 0 Å². The van der Waals surface area contributed by atoms with Crippen LogP contribution in [0.4, 0.5) is 0 Å². The summed E-state index contributed by atoms with van der Waals surface area (Å²) in [5.41, 5.74) is 16.3. The Morgan fingerprint density at radius 3 is 0.812 bits per heavy atom. The van der Waals surface area contributed by atoms with Crippen LogP contribution in [0.25, 0.3) is 121 Å². The summed E-state index contributed by atoms with van der Waals surface area (Å²) in [6.07, 6.45) is 0. The summed E-state index contributed by atoms with van der Waals surface area (Å²) in [6, 6.07) is 84.5. The molecule has 10 aromatic carbocycles. The van der Waals surface area contributed by atoms with E-state index in [4.69, 9.17) is 0 Å². The van der Waals surface area contributed by atoms with Crippen LogP contribution in [0.3, 0.4) is 0 Å². The zero-order valence-corrected chi connectivity index (χ0v) is 34.7. The van der Waals surface area contributed by atoms with Gasteiger partial charge in [0.25, 0.3) is 0 Å².